The highest BCUT2D eigenvalue weighted by Crippen LogP contribution is 2.37. The van der Waals surface area contributed by atoms with Gasteiger partial charge >= 0.3 is 11.9 Å². The van der Waals surface area contributed by atoms with Gasteiger partial charge in [0.25, 0.3) is 0 Å². The van der Waals surface area contributed by atoms with Crippen LogP contribution in [0.15, 0.2) is 110 Å². The van der Waals surface area contributed by atoms with Crippen LogP contribution in [-0.2, 0) is 19.1 Å². The van der Waals surface area contributed by atoms with Crippen molar-refractivity contribution in [2.75, 3.05) is 18.1 Å². The van der Waals surface area contributed by atoms with Crippen LogP contribution in [0, 0.1) is 27.7 Å². The normalized spacial score (nSPS) is 11.3. The molecule has 0 amide bonds. The van der Waals surface area contributed by atoms with Crippen molar-refractivity contribution < 1.29 is 23.8 Å². The Hall–Kier alpha value is -5.10. The van der Waals surface area contributed by atoms with E-state index >= 15 is 0 Å². The summed E-state index contributed by atoms with van der Waals surface area (Å²) in [6, 6.07) is 29.4. The molecule has 0 bridgehead atoms. The molecular formula is C38H39NO5. The molecule has 0 radical (unpaired) electrons. The molecule has 6 heteroatoms. The highest BCUT2D eigenvalue weighted by Gasteiger charge is 2.18. The van der Waals surface area contributed by atoms with Crippen molar-refractivity contribution in [3.8, 4) is 16.9 Å². The molecule has 0 aliphatic heterocycles. The number of hydrogen-bond donors (Lipinski definition) is 0. The second-order valence-electron chi connectivity index (χ2n) is 11.1. The van der Waals surface area contributed by atoms with Gasteiger partial charge in [-0.1, -0.05) is 49.6 Å². The van der Waals surface area contributed by atoms with Crippen molar-refractivity contribution in [3.05, 3.63) is 132 Å². The van der Waals surface area contributed by atoms with Crippen LogP contribution >= 0.6 is 0 Å². The zero-order valence-electron chi connectivity index (χ0n) is 26.1. The Morgan fingerprint density at radius 1 is 0.727 bits per heavy atom. The first-order valence-corrected chi connectivity index (χ1v) is 14.5. The van der Waals surface area contributed by atoms with Crippen LogP contribution in [-0.4, -0.2) is 31.3 Å². The van der Waals surface area contributed by atoms with Crippen molar-refractivity contribution >= 4 is 29.0 Å². The van der Waals surface area contributed by atoms with Gasteiger partial charge in [0.15, 0.2) is 6.10 Å². The standard InChI is InChI=1S/C38H39NO5/c1-8-37(40)44-36(24-43-38(41)25(2)3)23-42-35-15-11-31(12-16-35)30-9-13-32(14-10-30)39(33-19-26(4)17-27(5)20-33)34-21-28(6)18-29(7)22-34/h8-22,36H,1-2,23-24H2,3-7H3. The van der Waals surface area contributed by atoms with E-state index in [1.807, 2.05) is 24.3 Å². The van der Waals surface area contributed by atoms with E-state index in [0.29, 0.717) is 5.75 Å². The van der Waals surface area contributed by atoms with Crippen LogP contribution in [0.5, 0.6) is 5.75 Å². The zero-order valence-corrected chi connectivity index (χ0v) is 26.1. The van der Waals surface area contributed by atoms with E-state index < -0.39 is 18.0 Å². The maximum Gasteiger partial charge on any atom is 0.333 e. The Labute approximate surface area is 260 Å². The Balaban J connectivity index is 1.51. The molecule has 0 saturated heterocycles. The number of carbonyl (C=O) groups is 2. The monoisotopic (exact) mass is 589 g/mol. The molecule has 0 saturated carbocycles. The van der Waals surface area contributed by atoms with Crippen molar-refractivity contribution in [2.24, 2.45) is 0 Å². The summed E-state index contributed by atoms with van der Waals surface area (Å²) in [5.41, 5.74) is 10.5. The highest BCUT2D eigenvalue weighted by atomic mass is 16.6. The van der Waals surface area contributed by atoms with Crippen LogP contribution in [0.25, 0.3) is 11.1 Å². The third-order valence-electron chi connectivity index (χ3n) is 6.88. The van der Waals surface area contributed by atoms with Crippen molar-refractivity contribution in [1.82, 2.24) is 0 Å². The van der Waals surface area contributed by atoms with Gasteiger partial charge in [0, 0.05) is 28.7 Å². The molecule has 0 N–H and O–H groups in total. The molecule has 1 atom stereocenters. The lowest BCUT2D eigenvalue weighted by molar-refractivity contribution is -0.154. The Morgan fingerprint density at radius 2 is 1.20 bits per heavy atom. The van der Waals surface area contributed by atoms with E-state index in [0.717, 1.165) is 34.3 Å². The first-order chi connectivity index (χ1) is 21.0. The fraction of sp³-hybridized carbons (Fsp3) is 0.211. The minimum absolute atomic E-state index is 0.00377. The third-order valence-corrected chi connectivity index (χ3v) is 6.88. The summed E-state index contributed by atoms with van der Waals surface area (Å²) < 4.78 is 16.3. The number of esters is 2. The second-order valence-corrected chi connectivity index (χ2v) is 11.1. The van der Waals surface area contributed by atoms with Gasteiger partial charge < -0.3 is 19.1 Å². The minimum Gasteiger partial charge on any atom is -0.490 e. The molecule has 0 fully saturated rings. The number of benzene rings is 4. The lowest BCUT2D eigenvalue weighted by Crippen LogP contribution is -2.30. The molecule has 0 aliphatic rings. The number of rotatable bonds is 12. The first kappa shape index (κ1) is 31.8. The summed E-state index contributed by atoms with van der Waals surface area (Å²) >= 11 is 0. The number of anilines is 3. The van der Waals surface area contributed by atoms with Crippen LogP contribution in [0.3, 0.4) is 0 Å². The summed E-state index contributed by atoms with van der Waals surface area (Å²) in [6.07, 6.45) is 0.254. The Bertz CT molecular complexity index is 1560. The van der Waals surface area contributed by atoms with Crippen molar-refractivity contribution in [1.29, 1.82) is 0 Å². The fourth-order valence-electron chi connectivity index (χ4n) is 4.96. The van der Waals surface area contributed by atoms with Gasteiger partial charge in [-0.25, -0.2) is 9.59 Å². The van der Waals surface area contributed by atoms with Crippen molar-refractivity contribution in [3.63, 3.8) is 0 Å². The second kappa shape index (κ2) is 14.4. The van der Waals surface area contributed by atoms with Crippen LogP contribution < -0.4 is 9.64 Å². The maximum atomic E-state index is 11.8. The predicted octanol–water partition coefficient (Wildman–Crippen LogP) is 8.65. The lowest BCUT2D eigenvalue weighted by Gasteiger charge is -2.27. The fourth-order valence-corrected chi connectivity index (χ4v) is 4.96. The van der Waals surface area contributed by atoms with Gasteiger partial charge in [0.2, 0.25) is 0 Å². The van der Waals surface area contributed by atoms with E-state index in [1.165, 1.54) is 22.3 Å². The summed E-state index contributed by atoms with van der Waals surface area (Å²) in [5.74, 6) is -0.601. The Morgan fingerprint density at radius 3 is 1.66 bits per heavy atom. The summed E-state index contributed by atoms with van der Waals surface area (Å²) in [7, 11) is 0. The SMILES string of the molecule is C=CC(=O)OC(COC(=O)C(=C)C)COc1ccc(-c2ccc(N(c3cc(C)cc(C)c3)c3cc(C)cc(C)c3)cc2)cc1. The molecule has 0 spiro atoms. The topological polar surface area (TPSA) is 65.1 Å². The number of ether oxygens (including phenoxy) is 3. The van der Waals surface area contributed by atoms with Gasteiger partial charge in [-0.2, -0.15) is 0 Å². The molecule has 4 aromatic rings. The van der Waals surface area contributed by atoms with Gasteiger partial charge in [0.1, 0.15) is 19.0 Å². The molecular weight excluding hydrogens is 550 g/mol. The molecule has 0 aliphatic carbocycles. The van der Waals surface area contributed by atoms with Crippen molar-refractivity contribution in [2.45, 2.75) is 40.7 Å². The molecule has 4 rings (SSSR count). The third kappa shape index (κ3) is 8.48. The average molecular weight is 590 g/mol. The number of carbonyl (C=O) groups excluding carboxylic acids is 2. The average Bonchev–Trinajstić information content (AvgIpc) is 2.98. The molecule has 4 aromatic carbocycles. The van der Waals surface area contributed by atoms with E-state index in [1.54, 1.807) is 6.92 Å². The van der Waals surface area contributed by atoms with Gasteiger partial charge in [0.05, 0.1) is 0 Å². The van der Waals surface area contributed by atoms with Gasteiger partial charge in [-0.3, -0.25) is 0 Å². The van der Waals surface area contributed by atoms with E-state index in [2.05, 4.69) is 106 Å². The maximum absolute atomic E-state index is 11.8. The number of hydrogen-bond acceptors (Lipinski definition) is 6. The highest BCUT2D eigenvalue weighted by molar-refractivity contribution is 5.87. The van der Waals surface area contributed by atoms with E-state index in [4.69, 9.17) is 14.2 Å². The molecule has 44 heavy (non-hydrogen) atoms. The van der Waals surface area contributed by atoms with E-state index in [9.17, 15) is 9.59 Å². The summed E-state index contributed by atoms with van der Waals surface area (Å²) in [5, 5.41) is 0. The quantitative estimate of drug-likeness (QED) is 0.122. The van der Waals surface area contributed by atoms with Crippen LogP contribution in [0.2, 0.25) is 0 Å². The smallest absolute Gasteiger partial charge is 0.333 e. The first-order valence-electron chi connectivity index (χ1n) is 14.5. The van der Waals surface area contributed by atoms with Gasteiger partial charge in [-0.05, 0) is 117 Å². The van der Waals surface area contributed by atoms with Gasteiger partial charge in [-0.15, -0.1) is 0 Å². The summed E-state index contributed by atoms with van der Waals surface area (Å²) in [4.78, 5) is 25.8. The predicted molar refractivity (Wildman–Crippen MR) is 177 cm³/mol. The summed E-state index contributed by atoms with van der Waals surface area (Å²) in [6.45, 7) is 16.9. The van der Waals surface area contributed by atoms with E-state index in [-0.39, 0.29) is 18.8 Å². The minimum atomic E-state index is -0.798. The lowest BCUT2D eigenvalue weighted by atomic mass is 10.0. The molecule has 1 unspecified atom stereocenters. The van der Waals surface area contributed by atoms with Crippen LogP contribution in [0.4, 0.5) is 17.1 Å². The molecule has 226 valence electrons. The molecule has 0 aromatic heterocycles. The molecule has 6 nitrogen and oxygen atoms in total. The number of nitrogens with zero attached hydrogens (tertiary/aromatic N) is 1. The largest absolute Gasteiger partial charge is 0.490 e. The zero-order chi connectivity index (χ0) is 31.8. The Kier molecular flexibility index (Phi) is 10.4. The molecule has 0 heterocycles. The van der Waals surface area contributed by atoms with Crippen LogP contribution in [0.1, 0.15) is 29.2 Å². The number of aryl methyl sites for hydroxylation is 4.